The first-order chi connectivity index (χ1) is 9.36. The molecule has 0 saturated heterocycles. The molecule has 5 nitrogen and oxygen atoms in total. The van der Waals surface area contributed by atoms with Crippen molar-refractivity contribution in [2.75, 3.05) is 0 Å². The third-order valence-corrected chi connectivity index (χ3v) is 3.01. The van der Waals surface area contributed by atoms with Gasteiger partial charge in [0.05, 0.1) is 0 Å². The first-order valence-electron chi connectivity index (χ1n) is 6.48. The minimum absolute atomic E-state index is 0.0210. The van der Waals surface area contributed by atoms with Crippen LogP contribution in [0.3, 0.4) is 0 Å². The van der Waals surface area contributed by atoms with Crippen molar-refractivity contribution >= 4 is 5.97 Å². The molecule has 0 amide bonds. The van der Waals surface area contributed by atoms with Gasteiger partial charge in [-0.05, 0) is 22.5 Å². The van der Waals surface area contributed by atoms with E-state index < -0.39 is 29.6 Å². The standard InChI is InChI=1S/C15H22O3.H2O.O.Zr/c1-14(2,3)9-7-10(13(17)18)12(16)11(8-9)15(4,5)6;;;/h7-8,16H,1-6H3,(H,17,18);1H2;;/q;;;+1/p-1. The number of phenols is 1. The van der Waals surface area contributed by atoms with E-state index >= 15 is 0 Å². The molecule has 0 aromatic heterocycles. The van der Waals surface area contributed by atoms with Gasteiger partial charge in [-0.15, -0.1) is 0 Å². The zero-order valence-corrected chi connectivity index (χ0v) is 15.8. The molecule has 0 aliphatic heterocycles. The van der Waals surface area contributed by atoms with Crippen LogP contribution in [0.2, 0.25) is 0 Å². The number of aromatic carboxylic acids is 1. The Balaban J connectivity index is 0.00000122. The van der Waals surface area contributed by atoms with Crippen LogP contribution in [0, 0.1) is 0 Å². The number of carboxylic acids is 1. The SMILES string of the molecule is CC(C)(C)c1cc(C(=O)O)c(O)c(C(C)(C)C)c1.[O]=[Zr][OH]. The molecule has 0 fully saturated rings. The number of carbonyl (C=O) groups is 1. The summed E-state index contributed by atoms with van der Waals surface area (Å²) in [6.07, 6.45) is 0. The molecule has 0 bridgehead atoms. The molecular weight excluding hydrogens is 351 g/mol. The van der Waals surface area contributed by atoms with Gasteiger partial charge in [-0.25, -0.2) is 4.79 Å². The summed E-state index contributed by atoms with van der Waals surface area (Å²) in [4.78, 5) is 11.2. The van der Waals surface area contributed by atoms with Crippen LogP contribution < -0.4 is 0 Å². The van der Waals surface area contributed by atoms with Crippen molar-refractivity contribution in [2.24, 2.45) is 0 Å². The van der Waals surface area contributed by atoms with E-state index in [2.05, 4.69) is 0 Å². The van der Waals surface area contributed by atoms with Crippen LogP contribution in [-0.4, -0.2) is 19.4 Å². The molecule has 0 aliphatic carbocycles. The number of hydrogen-bond donors (Lipinski definition) is 3. The summed E-state index contributed by atoms with van der Waals surface area (Å²) < 4.78 is 15.8. The van der Waals surface area contributed by atoms with Crippen LogP contribution in [0.1, 0.15) is 63.0 Å². The molecule has 6 heteroatoms. The summed E-state index contributed by atoms with van der Waals surface area (Å²) in [5, 5.41) is 19.3. The molecule has 1 aromatic rings. The zero-order valence-electron chi connectivity index (χ0n) is 13.3. The van der Waals surface area contributed by atoms with Crippen molar-refractivity contribution in [3.63, 3.8) is 0 Å². The summed E-state index contributed by atoms with van der Waals surface area (Å²) in [6.45, 7) is 12.0. The Kier molecular flexibility index (Phi) is 7.11. The predicted molar refractivity (Wildman–Crippen MR) is 75.4 cm³/mol. The van der Waals surface area contributed by atoms with Crippen molar-refractivity contribution in [3.8, 4) is 5.75 Å². The molecule has 0 atom stereocenters. The average Bonchev–Trinajstić information content (AvgIpc) is 2.26. The van der Waals surface area contributed by atoms with Gasteiger partial charge in [0.1, 0.15) is 11.3 Å². The van der Waals surface area contributed by atoms with Gasteiger partial charge in [-0.2, -0.15) is 0 Å². The van der Waals surface area contributed by atoms with Crippen molar-refractivity contribution in [1.29, 1.82) is 0 Å². The molecule has 21 heavy (non-hydrogen) atoms. The molecule has 1 aromatic carbocycles. The van der Waals surface area contributed by atoms with Crippen molar-refractivity contribution in [1.82, 2.24) is 0 Å². The van der Waals surface area contributed by atoms with E-state index in [0.29, 0.717) is 5.56 Å². The Morgan fingerprint density at radius 3 is 1.76 bits per heavy atom. The monoisotopic (exact) mass is 373 g/mol. The summed E-state index contributed by atoms with van der Waals surface area (Å²) in [5.41, 5.74) is 1.12. The van der Waals surface area contributed by atoms with Crippen LogP contribution in [-0.2, 0) is 37.3 Å². The fourth-order valence-corrected chi connectivity index (χ4v) is 1.80. The Morgan fingerprint density at radius 1 is 1.05 bits per heavy atom. The Hall–Kier alpha value is -0.867. The number of benzene rings is 1. The van der Waals surface area contributed by atoms with Gasteiger partial charge in [0.25, 0.3) is 0 Å². The Bertz CT molecular complexity index is 524. The van der Waals surface area contributed by atoms with Gasteiger partial charge in [-0.3, -0.25) is 0 Å². The Morgan fingerprint density at radius 2 is 1.48 bits per heavy atom. The first kappa shape index (κ1) is 20.1. The molecule has 3 N–H and O–H groups in total. The van der Waals surface area contributed by atoms with E-state index in [-0.39, 0.29) is 22.1 Å². The number of carboxylic acid groups (broad SMARTS) is 1. The third kappa shape index (κ3) is 5.79. The third-order valence-electron chi connectivity index (χ3n) is 3.01. The second-order valence-electron chi connectivity index (χ2n) is 6.82. The van der Waals surface area contributed by atoms with E-state index in [1.165, 1.54) is 0 Å². The molecule has 1 rings (SSSR count). The quantitative estimate of drug-likeness (QED) is 0.702. The van der Waals surface area contributed by atoms with Crippen molar-refractivity contribution in [3.05, 3.63) is 28.8 Å². The summed E-state index contributed by atoms with van der Waals surface area (Å²) in [7, 11) is 0. The summed E-state index contributed by atoms with van der Waals surface area (Å²) in [6, 6.07) is 3.47. The van der Waals surface area contributed by atoms with E-state index in [4.69, 9.17) is 6.00 Å². The van der Waals surface area contributed by atoms with Crippen LogP contribution in [0.4, 0.5) is 0 Å². The fourth-order valence-electron chi connectivity index (χ4n) is 1.80. The van der Waals surface area contributed by atoms with E-state index in [9.17, 15) is 15.0 Å². The van der Waals surface area contributed by atoms with Crippen LogP contribution in [0.5, 0.6) is 5.75 Å². The maximum atomic E-state index is 11.2. The fraction of sp³-hybridized carbons (Fsp3) is 0.533. The topological polar surface area (TPSA) is 94.8 Å². The normalized spacial score (nSPS) is 11.2. The van der Waals surface area contributed by atoms with Crippen LogP contribution in [0.25, 0.3) is 0 Å². The molecule has 0 saturated carbocycles. The number of aromatic hydroxyl groups is 1. The molecule has 117 valence electrons. The number of rotatable bonds is 1. The van der Waals surface area contributed by atoms with Crippen molar-refractivity contribution in [2.45, 2.75) is 52.4 Å². The molecule has 0 unspecified atom stereocenters. The van der Waals surface area contributed by atoms with Gasteiger partial charge < -0.3 is 10.2 Å². The molecule has 0 spiro atoms. The van der Waals surface area contributed by atoms with Crippen LogP contribution >= 0.6 is 0 Å². The van der Waals surface area contributed by atoms with E-state index in [1.54, 1.807) is 6.07 Å². The average molecular weight is 375 g/mol. The molecule has 0 radical (unpaired) electrons. The van der Waals surface area contributed by atoms with Gasteiger partial charge in [0, 0.05) is 5.56 Å². The van der Waals surface area contributed by atoms with Gasteiger partial charge in [0.2, 0.25) is 0 Å². The van der Waals surface area contributed by atoms with Gasteiger partial charge in [-0.1, -0.05) is 47.6 Å². The van der Waals surface area contributed by atoms with Gasteiger partial charge >= 0.3 is 35.6 Å². The molecule has 0 heterocycles. The molecular formula is C15H23O5Zr. The zero-order chi connectivity index (χ0) is 17.0. The summed E-state index contributed by atoms with van der Waals surface area (Å²) in [5.74, 6) is -1.22. The van der Waals surface area contributed by atoms with E-state index in [0.717, 1.165) is 5.56 Å². The first-order valence-corrected chi connectivity index (χ1v) is 8.59. The number of hydrogen-bond acceptors (Lipinski definition) is 3. The molecule has 0 aliphatic rings. The Labute approximate surface area is 137 Å². The van der Waals surface area contributed by atoms with Gasteiger partial charge in [0.15, 0.2) is 0 Å². The van der Waals surface area contributed by atoms with Crippen LogP contribution in [0.15, 0.2) is 12.1 Å². The maximum absolute atomic E-state index is 11.2. The minimum atomic E-state index is -2.02. The summed E-state index contributed by atoms with van der Waals surface area (Å²) >= 11 is -2.02. The van der Waals surface area contributed by atoms with E-state index in [1.807, 2.05) is 47.6 Å². The second-order valence-corrected chi connectivity index (χ2v) is 7.27. The predicted octanol–water partition coefficient (Wildman–Crippen LogP) is 3.01. The second kappa shape index (κ2) is 7.41. The van der Waals surface area contributed by atoms with Crippen molar-refractivity contribution < 1.29 is 44.7 Å².